The largest absolute Gasteiger partial charge is 0.294 e. The molecule has 0 aliphatic heterocycles. The highest BCUT2D eigenvalue weighted by atomic mass is 16.1. The van der Waals surface area contributed by atoms with E-state index < -0.39 is 0 Å². The Kier molecular flexibility index (Phi) is 6.78. The van der Waals surface area contributed by atoms with Gasteiger partial charge < -0.3 is 0 Å². The SMILES string of the molecule is C=C(CC(=O)/C(=C/C1CC=CCC1)C(C)C)Cc1ccc(C)cc1. The van der Waals surface area contributed by atoms with E-state index in [1.165, 1.54) is 11.1 Å². The summed E-state index contributed by atoms with van der Waals surface area (Å²) in [7, 11) is 0. The van der Waals surface area contributed by atoms with Crippen molar-refractivity contribution in [1.82, 2.24) is 0 Å². The summed E-state index contributed by atoms with van der Waals surface area (Å²) in [6.45, 7) is 10.5. The molecular formula is C23H30O. The molecule has 0 radical (unpaired) electrons. The van der Waals surface area contributed by atoms with Crippen LogP contribution in [0.4, 0.5) is 0 Å². The van der Waals surface area contributed by atoms with Gasteiger partial charge in [0, 0.05) is 6.42 Å². The first-order valence-electron chi connectivity index (χ1n) is 9.07. The van der Waals surface area contributed by atoms with Crippen LogP contribution in [0.2, 0.25) is 0 Å². The Morgan fingerprint density at radius 2 is 1.96 bits per heavy atom. The molecule has 0 heterocycles. The van der Waals surface area contributed by atoms with Crippen molar-refractivity contribution in [2.75, 3.05) is 0 Å². The molecule has 0 fully saturated rings. The Morgan fingerprint density at radius 1 is 1.25 bits per heavy atom. The summed E-state index contributed by atoms with van der Waals surface area (Å²) in [5.74, 6) is 1.04. The monoisotopic (exact) mass is 322 g/mol. The van der Waals surface area contributed by atoms with E-state index in [1.54, 1.807) is 0 Å². The molecule has 0 saturated heterocycles. The minimum Gasteiger partial charge on any atom is -0.294 e. The molecule has 1 aromatic carbocycles. The average Bonchev–Trinajstić information content (AvgIpc) is 2.55. The standard InChI is InChI=1S/C23H30O/c1-17(2)22(16-20-8-6-5-7-9-20)23(24)15-19(4)14-21-12-10-18(3)11-13-21/h5-6,10-13,16-17,20H,4,7-9,14-15H2,1-3H3/b22-16+. The molecule has 1 heteroatoms. The van der Waals surface area contributed by atoms with Crippen molar-refractivity contribution < 1.29 is 4.79 Å². The lowest BCUT2D eigenvalue weighted by atomic mass is 9.86. The van der Waals surface area contributed by atoms with Crippen LogP contribution in [0.1, 0.15) is 50.7 Å². The lowest BCUT2D eigenvalue weighted by molar-refractivity contribution is -0.115. The third kappa shape index (κ3) is 5.63. The smallest absolute Gasteiger partial charge is 0.162 e. The van der Waals surface area contributed by atoms with Crippen molar-refractivity contribution in [3.63, 3.8) is 0 Å². The van der Waals surface area contributed by atoms with Gasteiger partial charge in [-0.15, -0.1) is 0 Å². The Morgan fingerprint density at radius 3 is 2.54 bits per heavy atom. The predicted molar refractivity (Wildman–Crippen MR) is 103 cm³/mol. The van der Waals surface area contributed by atoms with Gasteiger partial charge >= 0.3 is 0 Å². The first-order chi connectivity index (χ1) is 11.5. The molecule has 24 heavy (non-hydrogen) atoms. The predicted octanol–water partition coefficient (Wildman–Crippen LogP) is 5.99. The van der Waals surface area contributed by atoms with E-state index in [9.17, 15) is 4.79 Å². The summed E-state index contributed by atoms with van der Waals surface area (Å²) >= 11 is 0. The van der Waals surface area contributed by atoms with E-state index in [0.717, 1.165) is 36.8 Å². The summed E-state index contributed by atoms with van der Waals surface area (Å²) in [5.41, 5.74) is 4.47. The number of Topliss-reactive ketones (excluding diaryl/α,β-unsaturated/α-hetero) is 1. The molecule has 0 N–H and O–H groups in total. The van der Waals surface area contributed by atoms with Crippen LogP contribution in [-0.2, 0) is 11.2 Å². The van der Waals surface area contributed by atoms with Crippen molar-refractivity contribution in [2.45, 2.75) is 52.9 Å². The van der Waals surface area contributed by atoms with Crippen LogP contribution < -0.4 is 0 Å². The van der Waals surface area contributed by atoms with Gasteiger partial charge in [-0.25, -0.2) is 0 Å². The van der Waals surface area contributed by atoms with Crippen molar-refractivity contribution in [3.8, 4) is 0 Å². The highest BCUT2D eigenvalue weighted by Gasteiger charge is 2.17. The van der Waals surface area contributed by atoms with Gasteiger partial charge in [-0.05, 0) is 55.6 Å². The van der Waals surface area contributed by atoms with Crippen LogP contribution in [0.3, 0.4) is 0 Å². The average molecular weight is 322 g/mol. The maximum absolute atomic E-state index is 12.8. The fraction of sp³-hybridized carbons (Fsp3) is 0.435. The number of carbonyl (C=O) groups excluding carboxylic acids is 1. The van der Waals surface area contributed by atoms with Gasteiger partial charge in [0.15, 0.2) is 5.78 Å². The van der Waals surface area contributed by atoms with Gasteiger partial charge in [0.05, 0.1) is 0 Å². The first kappa shape index (κ1) is 18.4. The molecule has 1 aromatic rings. The quantitative estimate of drug-likeness (QED) is 0.445. The molecule has 0 aromatic heterocycles. The normalized spacial score (nSPS) is 18.0. The third-order valence-electron chi connectivity index (χ3n) is 4.65. The second kappa shape index (κ2) is 8.82. The molecule has 1 unspecified atom stereocenters. The molecule has 2 rings (SSSR count). The van der Waals surface area contributed by atoms with Gasteiger partial charge in [-0.1, -0.05) is 74.1 Å². The maximum atomic E-state index is 12.8. The fourth-order valence-corrected chi connectivity index (χ4v) is 3.22. The maximum Gasteiger partial charge on any atom is 0.162 e. The highest BCUT2D eigenvalue weighted by molar-refractivity contribution is 5.97. The Bertz CT molecular complexity index is 629. The number of aryl methyl sites for hydroxylation is 1. The van der Waals surface area contributed by atoms with E-state index in [1.807, 2.05) is 0 Å². The molecule has 0 amide bonds. The van der Waals surface area contributed by atoms with Crippen LogP contribution in [0.5, 0.6) is 0 Å². The van der Waals surface area contributed by atoms with Crippen LogP contribution in [0, 0.1) is 18.8 Å². The van der Waals surface area contributed by atoms with Crippen LogP contribution in [0.15, 0.2) is 60.2 Å². The molecule has 1 aliphatic rings. The summed E-state index contributed by atoms with van der Waals surface area (Å²) in [4.78, 5) is 12.8. The molecule has 0 spiro atoms. The Hall–Kier alpha value is -1.89. The molecule has 0 saturated carbocycles. The molecular weight excluding hydrogens is 292 g/mol. The number of carbonyl (C=O) groups is 1. The van der Waals surface area contributed by atoms with E-state index in [-0.39, 0.29) is 11.7 Å². The number of ketones is 1. The van der Waals surface area contributed by atoms with Crippen molar-refractivity contribution in [1.29, 1.82) is 0 Å². The second-order valence-corrected chi connectivity index (χ2v) is 7.33. The third-order valence-corrected chi connectivity index (χ3v) is 4.65. The van der Waals surface area contributed by atoms with Crippen molar-refractivity contribution >= 4 is 5.78 Å². The van der Waals surface area contributed by atoms with E-state index >= 15 is 0 Å². The zero-order valence-electron chi connectivity index (χ0n) is 15.3. The minimum atomic E-state index is 0.247. The van der Waals surface area contributed by atoms with Gasteiger partial charge in [-0.2, -0.15) is 0 Å². The summed E-state index contributed by atoms with van der Waals surface area (Å²) < 4.78 is 0. The molecule has 1 atom stereocenters. The zero-order valence-corrected chi connectivity index (χ0v) is 15.3. The van der Waals surface area contributed by atoms with E-state index in [0.29, 0.717) is 12.3 Å². The molecule has 0 bridgehead atoms. The molecule has 1 aliphatic carbocycles. The van der Waals surface area contributed by atoms with Crippen LogP contribution >= 0.6 is 0 Å². The lowest BCUT2D eigenvalue weighted by Gasteiger charge is -2.18. The number of hydrogen-bond acceptors (Lipinski definition) is 1. The van der Waals surface area contributed by atoms with Gasteiger partial charge in [-0.3, -0.25) is 4.79 Å². The zero-order chi connectivity index (χ0) is 17.5. The molecule has 1 nitrogen and oxygen atoms in total. The van der Waals surface area contributed by atoms with Crippen molar-refractivity contribution in [3.05, 3.63) is 71.3 Å². The van der Waals surface area contributed by atoms with E-state index in [4.69, 9.17) is 0 Å². The topological polar surface area (TPSA) is 17.1 Å². The first-order valence-corrected chi connectivity index (χ1v) is 9.07. The van der Waals surface area contributed by atoms with Crippen LogP contribution in [-0.4, -0.2) is 5.78 Å². The number of rotatable bonds is 7. The summed E-state index contributed by atoms with van der Waals surface area (Å²) in [5, 5.41) is 0. The summed E-state index contributed by atoms with van der Waals surface area (Å²) in [6.07, 6.45) is 11.3. The Balaban J connectivity index is 1.99. The summed E-state index contributed by atoms with van der Waals surface area (Å²) in [6, 6.07) is 8.47. The molecule has 128 valence electrons. The fourth-order valence-electron chi connectivity index (χ4n) is 3.22. The number of hydrogen-bond donors (Lipinski definition) is 0. The van der Waals surface area contributed by atoms with Crippen molar-refractivity contribution in [2.24, 2.45) is 11.8 Å². The minimum absolute atomic E-state index is 0.247. The van der Waals surface area contributed by atoms with Crippen LogP contribution in [0.25, 0.3) is 0 Å². The lowest BCUT2D eigenvalue weighted by Crippen LogP contribution is -2.13. The number of benzene rings is 1. The highest BCUT2D eigenvalue weighted by Crippen LogP contribution is 2.25. The van der Waals surface area contributed by atoms with Gasteiger partial charge in [0.25, 0.3) is 0 Å². The Labute approximate surface area is 147 Å². The van der Waals surface area contributed by atoms with Gasteiger partial charge in [0.1, 0.15) is 0 Å². The number of allylic oxidation sites excluding steroid dienone is 5. The van der Waals surface area contributed by atoms with E-state index in [2.05, 4.69) is 69.8 Å². The van der Waals surface area contributed by atoms with Gasteiger partial charge in [0.2, 0.25) is 0 Å². The second-order valence-electron chi connectivity index (χ2n) is 7.33.